The number of ether oxygens (including phenoxy) is 1. The van der Waals surface area contributed by atoms with Crippen LogP contribution in [0, 0.1) is 0 Å². The lowest BCUT2D eigenvalue weighted by Gasteiger charge is -2.07. The first-order valence-corrected chi connectivity index (χ1v) is 8.39. The molecule has 126 valence electrons. The molecule has 0 aliphatic heterocycles. The van der Waals surface area contributed by atoms with Crippen molar-refractivity contribution in [1.82, 2.24) is 5.32 Å². The minimum absolute atomic E-state index is 0.0205. The van der Waals surface area contributed by atoms with Crippen molar-refractivity contribution in [3.8, 4) is 0 Å². The van der Waals surface area contributed by atoms with Crippen molar-refractivity contribution < 1.29 is 19.7 Å². The maximum absolute atomic E-state index is 11.2. The number of esters is 1. The molecule has 0 saturated heterocycles. The number of aliphatic hydroxyl groups is 2. The highest BCUT2D eigenvalue weighted by Crippen LogP contribution is 2.10. The summed E-state index contributed by atoms with van der Waals surface area (Å²) in [4.78, 5) is 11.2. The van der Waals surface area contributed by atoms with Gasteiger partial charge in [-0.25, -0.2) is 0 Å². The Morgan fingerprint density at radius 2 is 1.48 bits per heavy atom. The zero-order valence-corrected chi connectivity index (χ0v) is 13.5. The van der Waals surface area contributed by atoms with Gasteiger partial charge < -0.3 is 20.3 Å². The van der Waals surface area contributed by atoms with Crippen molar-refractivity contribution >= 4 is 5.97 Å². The molecule has 0 aromatic heterocycles. The van der Waals surface area contributed by atoms with Gasteiger partial charge in [0, 0.05) is 6.54 Å². The first-order valence-electron chi connectivity index (χ1n) is 8.39. The van der Waals surface area contributed by atoms with E-state index < -0.39 is 6.29 Å². The second-order valence-corrected chi connectivity index (χ2v) is 5.51. The Labute approximate surface area is 129 Å². The average Bonchev–Trinajstić information content (AvgIpc) is 2.44. The summed E-state index contributed by atoms with van der Waals surface area (Å²) in [5, 5.41) is 19.8. The van der Waals surface area contributed by atoms with E-state index in [1.54, 1.807) is 0 Å². The van der Waals surface area contributed by atoms with E-state index in [9.17, 15) is 4.79 Å². The van der Waals surface area contributed by atoms with Crippen LogP contribution in [0.4, 0.5) is 0 Å². The van der Waals surface area contributed by atoms with E-state index in [1.807, 2.05) is 0 Å². The molecule has 3 N–H and O–H groups in total. The molecule has 0 bridgehead atoms. The van der Waals surface area contributed by atoms with Crippen molar-refractivity contribution in [1.29, 1.82) is 0 Å². The van der Waals surface area contributed by atoms with Crippen LogP contribution in [-0.4, -0.2) is 42.2 Å². The van der Waals surface area contributed by atoms with E-state index in [1.165, 1.54) is 51.4 Å². The number of unbranched alkanes of at least 4 members (excludes halogenated alkanes) is 9. The van der Waals surface area contributed by atoms with Crippen molar-refractivity contribution in [2.45, 2.75) is 77.4 Å². The zero-order chi connectivity index (χ0) is 15.8. The molecule has 5 nitrogen and oxygen atoms in total. The third kappa shape index (κ3) is 17.3. The second kappa shape index (κ2) is 15.7. The molecular weight excluding hydrogens is 270 g/mol. The number of nitrogens with one attached hydrogen (secondary N) is 1. The summed E-state index contributed by atoms with van der Waals surface area (Å²) in [6, 6.07) is 0. The van der Waals surface area contributed by atoms with E-state index in [4.69, 9.17) is 14.9 Å². The topological polar surface area (TPSA) is 78.8 Å². The highest BCUT2D eigenvalue weighted by molar-refractivity contribution is 5.71. The molecule has 0 unspecified atom stereocenters. The quantitative estimate of drug-likeness (QED) is 0.246. The Morgan fingerprint density at radius 3 is 2.00 bits per heavy atom. The van der Waals surface area contributed by atoms with E-state index in [-0.39, 0.29) is 19.1 Å². The fourth-order valence-corrected chi connectivity index (χ4v) is 2.13. The molecule has 0 fully saturated rings. The van der Waals surface area contributed by atoms with E-state index in [0.717, 1.165) is 12.8 Å². The molecule has 0 amide bonds. The van der Waals surface area contributed by atoms with Gasteiger partial charge in [0.1, 0.15) is 0 Å². The fraction of sp³-hybridized carbons (Fsp3) is 0.938. The monoisotopic (exact) mass is 303 g/mol. The van der Waals surface area contributed by atoms with Crippen LogP contribution in [-0.2, 0) is 9.53 Å². The van der Waals surface area contributed by atoms with Crippen LogP contribution in [0.25, 0.3) is 0 Å². The molecular formula is C16H33NO4. The van der Waals surface area contributed by atoms with Gasteiger partial charge in [0.2, 0.25) is 0 Å². The van der Waals surface area contributed by atoms with Crippen LogP contribution < -0.4 is 5.32 Å². The lowest BCUT2D eigenvalue weighted by Crippen LogP contribution is -2.31. The smallest absolute Gasteiger partial charge is 0.319 e. The lowest BCUT2D eigenvalue weighted by molar-refractivity contribution is -0.142. The Morgan fingerprint density at radius 1 is 0.952 bits per heavy atom. The van der Waals surface area contributed by atoms with Crippen molar-refractivity contribution in [3.63, 3.8) is 0 Å². The first kappa shape index (κ1) is 20.3. The summed E-state index contributed by atoms with van der Waals surface area (Å²) in [5.74, 6) is -0.341. The van der Waals surface area contributed by atoms with Crippen molar-refractivity contribution in [2.24, 2.45) is 0 Å². The van der Waals surface area contributed by atoms with Crippen LogP contribution in [0.15, 0.2) is 0 Å². The molecule has 21 heavy (non-hydrogen) atoms. The Bertz CT molecular complexity index is 234. The van der Waals surface area contributed by atoms with Gasteiger partial charge in [-0.2, -0.15) is 0 Å². The van der Waals surface area contributed by atoms with Crippen molar-refractivity contribution in [3.05, 3.63) is 0 Å². The number of hydrogen-bond donors (Lipinski definition) is 3. The number of aliphatic hydroxyl groups excluding tert-OH is 1. The van der Waals surface area contributed by atoms with E-state index in [0.29, 0.717) is 6.61 Å². The minimum atomic E-state index is -1.43. The fourth-order valence-electron chi connectivity index (χ4n) is 2.13. The maximum atomic E-state index is 11.2. The van der Waals surface area contributed by atoms with Gasteiger partial charge in [0.25, 0.3) is 0 Å². The summed E-state index contributed by atoms with van der Waals surface area (Å²) in [6.07, 6.45) is 11.1. The van der Waals surface area contributed by atoms with Crippen LogP contribution in [0.2, 0.25) is 0 Å². The third-order valence-corrected chi connectivity index (χ3v) is 3.36. The zero-order valence-electron chi connectivity index (χ0n) is 13.5. The number of carbonyl (C=O) groups is 1. The minimum Gasteiger partial charge on any atom is -0.465 e. The van der Waals surface area contributed by atoms with E-state index in [2.05, 4.69) is 12.2 Å². The summed E-state index contributed by atoms with van der Waals surface area (Å²) < 4.78 is 5.03. The summed E-state index contributed by atoms with van der Waals surface area (Å²) >= 11 is 0. The largest absolute Gasteiger partial charge is 0.465 e. The molecule has 0 radical (unpaired) electrons. The van der Waals surface area contributed by atoms with Gasteiger partial charge in [-0.1, -0.05) is 64.7 Å². The molecule has 0 aromatic rings. The standard InChI is InChI=1S/C16H33NO4/c1-2-3-4-5-6-7-8-9-10-11-12-21-16(20)14-17-13-15(18)19/h15,17-19H,2-14H2,1H3. The molecule has 0 atom stereocenters. The molecule has 0 heterocycles. The highest BCUT2D eigenvalue weighted by atomic mass is 16.5. The Kier molecular flexibility index (Phi) is 15.2. The third-order valence-electron chi connectivity index (χ3n) is 3.36. The molecule has 0 aliphatic carbocycles. The number of carbonyl (C=O) groups excluding carboxylic acids is 1. The number of hydrogen-bond acceptors (Lipinski definition) is 5. The van der Waals surface area contributed by atoms with Gasteiger partial charge in [0.05, 0.1) is 13.2 Å². The molecule has 5 heteroatoms. The van der Waals surface area contributed by atoms with Gasteiger partial charge in [0.15, 0.2) is 6.29 Å². The predicted molar refractivity (Wildman–Crippen MR) is 83.9 cm³/mol. The first-order chi connectivity index (χ1) is 10.2. The van der Waals surface area contributed by atoms with Gasteiger partial charge in [-0.05, 0) is 6.42 Å². The van der Waals surface area contributed by atoms with Gasteiger partial charge >= 0.3 is 5.97 Å². The Hall–Kier alpha value is -0.650. The van der Waals surface area contributed by atoms with Crippen LogP contribution in [0.3, 0.4) is 0 Å². The summed E-state index contributed by atoms with van der Waals surface area (Å²) in [6.45, 7) is 2.69. The molecule has 0 aromatic carbocycles. The maximum Gasteiger partial charge on any atom is 0.319 e. The van der Waals surface area contributed by atoms with Crippen LogP contribution >= 0.6 is 0 Å². The number of rotatable bonds is 15. The summed E-state index contributed by atoms with van der Waals surface area (Å²) in [7, 11) is 0. The van der Waals surface area contributed by atoms with E-state index >= 15 is 0 Å². The van der Waals surface area contributed by atoms with Gasteiger partial charge in [-0.15, -0.1) is 0 Å². The average molecular weight is 303 g/mol. The van der Waals surface area contributed by atoms with Gasteiger partial charge in [-0.3, -0.25) is 4.79 Å². The highest BCUT2D eigenvalue weighted by Gasteiger charge is 2.03. The molecule has 0 rings (SSSR count). The molecule has 0 aliphatic rings. The van der Waals surface area contributed by atoms with Crippen LogP contribution in [0.1, 0.15) is 71.1 Å². The molecule has 0 spiro atoms. The lowest BCUT2D eigenvalue weighted by atomic mass is 10.1. The Balaban J connectivity index is 3.12. The SMILES string of the molecule is CCCCCCCCCCCCOC(=O)CNCC(O)O. The normalized spacial score (nSPS) is 11.0. The predicted octanol–water partition coefficient (Wildman–Crippen LogP) is 2.35. The molecule has 0 saturated carbocycles. The second-order valence-electron chi connectivity index (χ2n) is 5.51. The van der Waals surface area contributed by atoms with Crippen molar-refractivity contribution in [2.75, 3.05) is 19.7 Å². The summed E-state index contributed by atoms with van der Waals surface area (Å²) in [5.41, 5.74) is 0. The van der Waals surface area contributed by atoms with Crippen LogP contribution in [0.5, 0.6) is 0 Å².